The molecule has 0 aliphatic carbocycles. The van der Waals surface area contributed by atoms with Gasteiger partial charge < -0.3 is 0 Å². The van der Waals surface area contributed by atoms with Crippen LogP contribution in [0, 0.1) is 6.92 Å². The Labute approximate surface area is 91.0 Å². The first-order valence-corrected chi connectivity index (χ1v) is 5.95. The molecule has 0 amide bonds. The van der Waals surface area contributed by atoms with Crippen molar-refractivity contribution in [2.75, 3.05) is 0 Å². The van der Waals surface area contributed by atoms with E-state index in [0.29, 0.717) is 0 Å². The predicted molar refractivity (Wildman–Crippen MR) is 67.1 cm³/mol. The zero-order chi connectivity index (χ0) is 11.0. The van der Waals surface area contributed by atoms with Crippen LogP contribution in [0.15, 0.2) is 24.4 Å². The molecule has 78 valence electrons. The maximum Gasteiger partial charge on any atom is 0.0550 e. The Bertz CT molecular complexity index is 352. The van der Waals surface area contributed by atoms with Gasteiger partial charge in [-0.15, -0.1) is 0 Å². The molecule has 1 aromatic carbocycles. The number of benzene rings is 1. The second-order valence-electron chi connectivity index (χ2n) is 2.37. The molecule has 0 spiro atoms. The molecule has 0 saturated carbocycles. The average molecular weight is 209 g/mol. The molecule has 1 heterocycles. The summed E-state index contributed by atoms with van der Waals surface area (Å²) in [7, 11) is 0. The fourth-order valence-corrected chi connectivity index (χ4v) is 1.62. The van der Waals surface area contributed by atoms with Gasteiger partial charge in [0.05, 0.1) is 4.70 Å². The van der Waals surface area contributed by atoms with Gasteiger partial charge >= 0.3 is 0 Å². The van der Waals surface area contributed by atoms with Crippen LogP contribution in [0.2, 0.25) is 0 Å². The summed E-state index contributed by atoms with van der Waals surface area (Å²) in [5, 5.41) is 1.25. The van der Waals surface area contributed by atoms with Crippen molar-refractivity contribution in [3.05, 3.63) is 30.0 Å². The number of aromatic nitrogens is 1. The zero-order valence-electron chi connectivity index (χ0n) is 9.66. The first-order valence-electron chi connectivity index (χ1n) is 5.17. The molecule has 0 bridgehead atoms. The van der Waals surface area contributed by atoms with Gasteiger partial charge in [-0.2, -0.15) is 4.37 Å². The standard InChI is InChI=1S/C8H7NS.2C2H6/c1-6-2-3-8-7(4-6)5-9-10-8;2*1-2/h2-5H,1H3;2*1-2H3. The van der Waals surface area contributed by atoms with Crippen LogP contribution < -0.4 is 0 Å². The molecule has 0 fully saturated rings. The predicted octanol–water partition coefficient (Wildman–Crippen LogP) is 4.66. The van der Waals surface area contributed by atoms with Crippen LogP contribution in [0.3, 0.4) is 0 Å². The molecular formula is C12H19NS. The zero-order valence-corrected chi connectivity index (χ0v) is 10.5. The molecule has 0 N–H and O–H groups in total. The molecule has 0 aliphatic heterocycles. The molecule has 2 heteroatoms. The highest BCUT2D eigenvalue weighted by Crippen LogP contribution is 2.18. The normalized spacial score (nSPS) is 8.36. The Morgan fingerprint density at radius 2 is 1.71 bits per heavy atom. The van der Waals surface area contributed by atoms with Gasteiger partial charge in [-0.05, 0) is 30.6 Å². The molecule has 1 nitrogen and oxygen atoms in total. The molecule has 0 radical (unpaired) electrons. The smallest absolute Gasteiger partial charge is 0.0550 e. The highest BCUT2D eigenvalue weighted by Gasteiger charge is 1.93. The Morgan fingerprint density at radius 3 is 2.36 bits per heavy atom. The SMILES string of the molecule is CC.CC.Cc1ccc2sncc2c1. The van der Waals surface area contributed by atoms with Gasteiger partial charge in [-0.3, -0.25) is 0 Å². The van der Waals surface area contributed by atoms with Gasteiger partial charge in [-0.25, -0.2) is 0 Å². The van der Waals surface area contributed by atoms with Gasteiger partial charge in [0.15, 0.2) is 0 Å². The van der Waals surface area contributed by atoms with E-state index in [1.807, 2.05) is 33.9 Å². The summed E-state index contributed by atoms with van der Waals surface area (Å²) in [5.74, 6) is 0. The van der Waals surface area contributed by atoms with E-state index in [4.69, 9.17) is 0 Å². The molecule has 0 saturated heterocycles. The van der Waals surface area contributed by atoms with E-state index in [9.17, 15) is 0 Å². The minimum absolute atomic E-state index is 1.25. The average Bonchev–Trinajstić information content (AvgIpc) is 2.71. The van der Waals surface area contributed by atoms with Crippen LogP contribution in [-0.2, 0) is 0 Å². The molecule has 14 heavy (non-hydrogen) atoms. The van der Waals surface area contributed by atoms with Crippen LogP contribution in [-0.4, -0.2) is 4.37 Å². The van der Waals surface area contributed by atoms with E-state index in [0.717, 1.165) is 0 Å². The first kappa shape index (κ1) is 13.1. The maximum absolute atomic E-state index is 4.08. The van der Waals surface area contributed by atoms with Crippen molar-refractivity contribution in [2.24, 2.45) is 0 Å². The number of nitrogens with zero attached hydrogens (tertiary/aromatic N) is 1. The molecule has 0 atom stereocenters. The summed E-state index contributed by atoms with van der Waals surface area (Å²) in [6, 6.07) is 6.38. The van der Waals surface area contributed by atoms with E-state index >= 15 is 0 Å². The third-order valence-electron chi connectivity index (χ3n) is 1.51. The van der Waals surface area contributed by atoms with E-state index < -0.39 is 0 Å². The van der Waals surface area contributed by atoms with Crippen molar-refractivity contribution in [3.8, 4) is 0 Å². The largest absolute Gasteiger partial charge is 0.200 e. The van der Waals surface area contributed by atoms with E-state index in [2.05, 4.69) is 29.5 Å². The van der Waals surface area contributed by atoms with Crippen LogP contribution in [0.1, 0.15) is 33.3 Å². The van der Waals surface area contributed by atoms with Crippen LogP contribution in [0.25, 0.3) is 10.1 Å². The summed E-state index contributed by atoms with van der Waals surface area (Å²) in [4.78, 5) is 0. The number of rotatable bonds is 0. The minimum atomic E-state index is 1.25. The third kappa shape index (κ3) is 3.46. The summed E-state index contributed by atoms with van der Waals surface area (Å²) < 4.78 is 5.35. The Hall–Kier alpha value is -0.890. The van der Waals surface area contributed by atoms with Gasteiger partial charge in [0, 0.05) is 11.6 Å². The van der Waals surface area contributed by atoms with Crippen molar-refractivity contribution < 1.29 is 0 Å². The molecule has 2 aromatic rings. The highest BCUT2D eigenvalue weighted by atomic mass is 32.1. The van der Waals surface area contributed by atoms with Crippen molar-refractivity contribution in [1.82, 2.24) is 4.37 Å². The molecule has 0 unspecified atom stereocenters. The Balaban J connectivity index is 0.000000379. The van der Waals surface area contributed by atoms with E-state index in [1.54, 1.807) is 11.5 Å². The van der Waals surface area contributed by atoms with E-state index in [-0.39, 0.29) is 0 Å². The lowest BCUT2D eigenvalue weighted by atomic mass is 10.2. The second-order valence-corrected chi connectivity index (χ2v) is 3.20. The first-order chi connectivity index (χ1) is 6.86. The van der Waals surface area contributed by atoms with Crippen LogP contribution in [0.4, 0.5) is 0 Å². The molecule has 0 aliphatic rings. The lowest BCUT2D eigenvalue weighted by Gasteiger charge is -1.88. The lowest BCUT2D eigenvalue weighted by molar-refractivity contribution is 1.50. The number of hydrogen-bond acceptors (Lipinski definition) is 2. The summed E-state index contributed by atoms with van der Waals surface area (Å²) >= 11 is 1.55. The van der Waals surface area contributed by atoms with Crippen molar-refractivity contribution >= 4 is 21.6 Å². The number of fused-ring (bicyclic) bond motifs is 1. The van der Waals surface area contributed by atoms with Crippen molar-refractivity contribution in [1.29, 1.82) is 0 Å². The highest BCUT2D eigenvalue weighted by molar-refractivity contribution is 7.13. The maximum atomic E-state index is 4.08. The van der Waals surface area contributed by atoms with Gasteiger partial charge in [-0.1, -0.05) is 39.3 Å². The second kappa shape index (κ2) is 7.51. The molecule has 1 aromatic heterocycles. The lowest BCUT2D eigenvalue weighted by Crippen LogP contribution is -1.67. The molecule has 2 rings (SSSR count). The summed E-state index contributed by atoms with van der Waals surface area (Å²) in [6.45, 7) is 10.1. The number of hydrogen-bond donors (Lipinski definition) is 0. The fourth-order valence-electron chi connectivity index (χ4n) is 0.992. The van der Waals surface area contributed by atoms with Gasteiger partial charge in [0.2, 0.25) is 0 Å². The third-order valence-corrected chi connectivity index (χ3v) is 2.29. The van der Waals surface area contributed by atoms with Gasteiger partial charge in [0.25, 0.3) is 0 Å². The van der Waals surface area contributed by atoms with Crippen molar-refractivity contribution in [3.63, 3.8) is 0 Å². The fraction of sp³-hybridized carbons (Fsp3) is 0.417. The molecular weight excluding hydrogens is 190 g/mol. The van der Waals surface area contributed by atoms with E-state index in [1.165, 1.54) is 15.6 Å². The van der Waals surface area contributed by atoms with Crippen LogP contribution in [0.5, 0.6) is 0 Å². The topological polar surface area (TPSA) is 12.9 Å². The Kier molecular flexibility index (Phi) is 7.03. The minimum Gasteiger partial charge on any atom is -0.200 e. The quantitative estimate of drug-likeness (QED) is 0.615. The van der Waals surface area contributed by atoms with Gasteiger partial charge in [0.1, 0.15) is 0 Å². The number of aryl methyl sites for hydroxylation is 1. The van der Waals surface area contributed by atoms with Crippen molar-refractivity contribution in [2.45, 2.75) is 34.6 Å². The summed E-state index contributed by atoms with van der Waals surface area (Å²) in [6.07, 6.45) is 1.91. The summed E-state index contributed by atoms with van der Waals surface area (Å²) in [5.41, 5.74) is 1.30. The van der Waals surface area contributed by atoms with Crippen LogP contribution >= 0.6 is 11.5 Å². The monoisotopic (exact) mass is 209 g/mol. The Morgan fingerprint density at radius 1 is 1.07 bits per heavy atom.